The van der Waals surface area contributed by atoms with Crippen molar-refractivity contribution in [3.8, 4) is 0 Å². The number of amidine groups is 1. The zero-order valence-corrected chi connectivity index (χ0v) is 14.8. The quantitative estimate of drug-likeness (QED) is 0.283. The summed E-state index contributed by atoms with van der Waals surface area (Å²) in [7, 11) is 4.13. The third kappa shape index (κ3) is 8.72. The van der Waals surface area contributed by atoms with Crippen LogP contribution in [-0.4, -0.2) is 65.8 Å². The largest absolute Gasteiger partial charge is 0.375 e. The highest BCUT2D eigenvalue weighted by atomic mass is 32.2. The second-order valence-electron chi connectivity index (χ2n) is 5.24. The van der Waals surface area contributed by atoms with E-state index in [0.717, 1.165) is 31.0 Å². The van der Waals surface area contributed by atoms with Crippen LogP contribution in [0.4, 0.5) is 0 Å². The maximum Gasteiger partial charge on any atom is 0.335 e. The van der Waals surface area contributed by atoms with Crippen LogP contribution in [-0.2, 0) is 0 Å². The van der Waals surface area contributed by atoms with Gasteiger partial charge in [-0.15, -0.1) is 0 Å². The Kier molecular flexibility index (Phi) is 10.1. The number of aliphatic imine (C=N–C) groups is 1. The molecule has 0 saturated carbocycles. The molecule has 0 aliphatic heterocycles. The number of nitro groups is 1. The molecule has 0 aromatic heterocycles. The molecule has 0 amide bonds. The van der Waals surface area contributed by atoms with Gasteiger partial charge < -0.3 is 19.9 Å². The lowest BCUT2D eigenvalue weighted by Crippen LogP contribution is -2.34. The van der Waals surface area contributed by atoms with Crippen LogP contribution in [0.1, 0.15) is 27.2 Å². The van der Waals surface area contributed by atoms with Crippen LogP contribution in [0.5, 0.6) is 0 Å². The number of thioether (sulfide) groups is 1. The minimum atomic E-state index is -0.480. The second kappa shape index (κ2) is 10.6. The van der Waals surface area contributed by atoms with Gasteiger partial charge in [0.15, 0.2) is 6.20 Å². The normalized spacial score (nSPS) is 14.4. The number of hydrogen-bond acceptors (Lipinski definition) is 6. The monoisotopic (exact) mass is 316 g/mol. The Labute approximate surface area is 132 Å². The van der Waals surface area contributed by atoms with Crippen molar-refractivity contribution < 1.29 is 4.92 Å². The van der Waals surface area contributed by atoms with Crippen LogP contribution in [0, 0.1) is 10.1 Å². The van der Waals surface area contributed by atoms with Crippen LogP contribution >= 0.6 is 11.8 Å². The SMILES string of the molecule is CSCCN(C)C(C)CCN(C)/C(C)=C/N=C(C)[N+](=O)[O-]. The maximum atomic E-state index is 10.5. The first-order valence-electron chi connectivity index (χ1n) is 7.05. The Morgan fingerprint density at radius 1 is 1.38 bits per heavy atom. The van der Waals surface area contributed by atoms with E-state index in [1.54, 1.807) is 6.20 Å². The van der Waals surface area contributed by atoms with Crippen molar-refractivity contribution in [3.63, 3.8) is 0 Å². The van der Waals surface area contributed by atoms with Crippen LogP contribution in [0.25, 0.3) is 0 Å². The van der Waals surface area contributed by atoms with E-state index in [0.29, 0.717) is 6.04 Å². The topological polar surface area (TPSA) is 62.0 Å². The van der Waals surface area contributed by atoms with Gasteiger partial charge in [-0.1, -0.05) is 0 Å². The molecule has 1 atom stereocenters. The molecule has 122 valence electrons. The number of nitrogens with zero attached hydrogens (tertiary/aromatic N) is 4. The molecule has 6 nitrogen and oxygen atoms in total. The van der Waals surface area contributed by atoms with E-state index in [4.69, 9.17) is 0 Å². The maximum absolute atomic E-state index is 10.5. The molecule has 0 saturated heterocycles. The van der Waals surface area contributed by atoms with E-state index in [1.807, 2.05) is 25.7 Å². The van der Waals surface area contributed by atoms with Gasteiger partial charge >= 0.3 is 5.84 Å². The molecule has 21 heavy (non-hydrogen) atoms. The predicted octanol–water partition coefficient (Wildman–Crippen LogP) is 2.55. The summed E-state index contributed by atoms with van der Waals surface area (Å²) >= 11 is 1.86. The lowest BCUT2D eigenvalue weighted by molar-refractivity contribution is -0.351. The van der Waals surface area contributed by atoms with Crippen molar-refractivity contribution in [2.75, 3.05) is 39.2 Å². The van der Waals surface area contributed by atoms with Crippen molar-refractivity contribution in [2.45, 2.75) is 33.2 Å². The highest BCUT2D eigenvalue weighted by Gasteiger charge is 2.10. The zero-order chi connectivity index (χ0) is 16.4. The number of allylic oxidation sites excluding steroid dienone is 1. The molecule has 0 heterocycles. The Morgan fingerprint density at radius 3 is 2.52 bits per heavy atom. The molecular formula is C14H28N4O2S. The van der Waals surface area contributed by atoms with Crippen molar-refractivity contribution in [1.29, 1.82) is 0 Å². The molecule has 0 aromatic carbocycles. The lowest BCUT2D eigenvalue weighted by Gasteiger charge is -2.27. The van der Waals surface area contributed by atoms with Gasteiger partial charge in [0.2, 0.25) is 0 Å². The van der Waals surface area contributed by atoms with Crippen LogP contribution < -0.4 is 0 Å². The summed E-state index contributed by atoms with van der Waals surface area (Å²) in [6.45, 7) is 7.53. The van der Waals surface area contributed by atoms with Gasteiger partial charge in [0.05, 0.1) is 5.70 Å². The molecule has 0 bridgehead atoms. The van der Waals surface area contributed by atoms with Gasteiger partial charge in [0.25, 0.3) is 0 Å². The minimum Gasteiger partial charge on any atom is -0.375 e. The molecule has 0 aliphatic rings. The highest BCUT2D eigenvalue weighted by molar-refractivity contribution is 7.98. The standard InChI is InChI=1S/C14H28N4O2S/c1-12(17(5)9-10-21-6)7-8-16(4)13(2)11-15-14(3)18(19)20/h11-12H,7-10H2,1-6H3/b13-11+,15-14?. The summed E-state index contributed by atoms with van der Waals surface area (Å²) in [6.07, 6.45) is 4.72. The van der Waals surface area contributed by atoms with Crippen molar-refractivity contribution in [2.24, 2.45) is 4.99 Å². The molecule has 0 aliphatic carbocycles. The smallest absolute Gasteiger partial charge is 0.335 e. The summed E-state index contributed by atoms with van der Waals surface area (Å²) in [5.74, 6) is 1.05. The average Bonchev–Trinajstić information content (AvgIpc) is 2.46. The summed E-state index contributed by atoms with van der Waals surface area (Å²) in [6, 6.07) is 0.511. The van der Waals surface area contributed by atoms with Gasteiger partial charge in [0.1, 0.15) is 0 Å². The molecular weight excluding hydrogens is 288 g/mol. The average molecular weight is 316 g/mol. The van der Waals surface area contributed by atoms with Gasteiger partial charge in [-0.3, -0.25) is 0 Å². The third-order valence-corrected chi connectivity index (χ3v) is 4.18. The van der Waals surface area contributed by atoms with Crippen LogP contribution in [0.3, 0.4) is 0 Å². The Balaban J connectivity index is 4.30. The molecule has 7 heteroatoms. The first-order chi connectivity index (χ1) is 9.79. The van der Waals surface area contributed by atoms with E-state index >= 15 is 0 Å². The van der Waals surface area contributed by atoms with Gasteiger partial charge in [-0.05, 0) is 43.5 Å². The highest BCUT2D eigenvalue weighted by Crippen LogP contribution is 2.07. The van der Waals surface area contributed by atoms with E-state index in [-0.39, 0.29) is 5.84 Å². The van der Waals surface area contributed by atoms with Gasteiger partial charge in [-0.25, -0.2) is 0 Å². The Hall–Kier alpha value is -1.08. The molecule has 0 rings (SSSR count). The van der Waals surface area contributed by atoms with E-state index in [9.17, 15) is 10.1 Å². The van der Waals surface area contributed by atoms with Crippen molar-refractivity contribution in [3.05, 3.63) is 22.0 Å². The van der Waals surface area contributed by atoms with E-state index < -0.39 is 4.92 Å². The number of rotatable bonds is 9. The fourth-order valence-electron chi connectivity index (χ4n) is 1.57. The zero-order valence-electron chi connectivity index (χ0n) is 14.0. The van der Waals surface area contributed by atoms with E-state index in [2.05, 4.69) is 35.0 Å². The molecule has 0 N–H and O–H groups in total. The first kappa shape index (κ1) is 19.9. The summed E-state index contributed by atoms with van der Waals surface area (Å²) < 4.78 is 0. The predicted molar refractivity (Wildman–Crippen MR) is 91.6 cm³/mol. The van der Waals surface area contributed by atoms with Crippen LogP contribution in [0.2, 0.25) is 0 Å². The fourth-order valence-corrected chi connectivity index (χ4v) is 2.04. The molecule has 1 unspecified atom stereocenters. The summed E-state index contributed by atoms with van der Waals surface area (Å²) in [4.78, 5) is 18.3. The summed E-state index contributed by atoms with van der Waals surface area (Å²) in [5.41, 5.74) is 0.926. The molecule has 0 fully saturated rings. The number of hydrogen-bond donors (Lipinski definition) is 0. The van der Waals surface area contributed by atoms with Crippen molar-refractivity contribution in [1.82, 2.24) is 9.80 Å². The summed E-state index contributed by atoms with van der Waals surface area (Å²) in [5, 5.41) is 10.5. The second-order valence-corrected chi connectivity index (χ2v) is 6.22. The van der Waals surface area contributed by atoms with E-state index in [1.165, 1.54) is 6.92 Å². The van der Waals surface area contributed by atoms with Gasteiger partial charge in [-0.2, -0.15) is 11.8 Å². The fraction of sp³-hybridized carbons (Fsp3) is 0.786. The molecule has 0 radical (unpaired) electrons. The molecule has 0 spiro atoms. The Bertz CT molecular complexity index is 385. The lowest BCUT2D eigenvalue weighted by atomic mass is 10.2. The van der Waals surface area contributed by atoms with Crippen molar-refractivity contribution >= 4 is 17.6 Å². The first-order valence-corrected chi connectivity index (χ1v) is 8.44. The third-order valence-electron chi connectivity index (χ3n) is 3.59. The minimum absolute atomic E-state index is 0.0899. The van der Waals surface area contributed by atoms with Gasteiger partial charge in [0, 0.05) is 38.9 Å². The van der Waals surface area contributed by atoms with Crippen LogP contribution in [0.15, 0.2) is 16.9 Å². The Morgan fingerprint density at radius 2 is 2.00 bits per heavy atom. The molecule has 0 aromatic rings.